The molecule has 2 bridgehead atoms. The molecule has 0 radical (unpaired) electrons. The Hall–Kier alpha value is -4.26. The number of hydrogen-bond acceptors (Lipinski definition) is 5. The number of nitrogens with zero attached hydrogens (tertiary/aromatic N) is 2. The Morgan fingerprint density at radius 1 is 0.838 bits per heavy atom. The summed E-state index contributed by atoms with van der Waals surface area (Å²) in [6, 6.07) is 20.1. The van der Waals surface area contributed by atoms with Crippen LogP contribution in [0.25, 0.3) is 10.8 Å². The Labute approximate surface area is 213 Å². The first kappa shape index (κ1) is 22.0. The van der Waals surface area contributed by atoms with Gasteiger partial charge in [-0.05, 0) is 41.8 Å². The van der Waals surface area contributed by atoms with Crippen molar-refractivity contribution in [2.75, 3.05) is 16.3 Å². The first-order chi connectivity index (χ1) is 18.0. The average molecular weight is 493 g/mol. The van der Waals surface area contributed by atoms with Gasteiger partial charge in [-0.3, -0.25) is 19.2 Å². The van der Waals surface area contributed by atoms with Gasteiger partial charge in [-0.25, -0.2) is 4.90 Å². The smallest absolute Gasteiger partial charge is 0.316 e. The number of carbonyl (C=O) groups excluding carboxylic acids is 4. The van der Waals surface area contributed by atoms with E-state index in [1.807, 2.05) is 42.5 Å². The molecular weight excluding hydrogens is 468 g/mol. The van der Waals surface area contributed by atoms with Crippen LogP contribution in [-0.2, 0) is 19.2 Å². The molecule has 3 fully saturated rings. The number of rotatable bonds is 4. The van der Waals surface area contributed by atoms with Crippen molar-refractivity contribution in [1.29, 1.82) is 0 Å². The van der Waals surface area contributed by atoms with E-state index in [9.17, 15) is 19.2 Å². The maximum atomic E-state index is 13.2. The topological polar surface area (TPSA) is 84.0 Å². The van der Waals surface area contributed by atoms with Crippen molar-refractivity contribution < 1.29 is 23.9 Å². The zero-order chi connectivity index (χ0) is 25.3. The number of fused-ring (bicyclic) bond motifs is 6. The molecule has 3 amide bonds. The summed E-state index contributed by atoms with van der Waals surface area (Å²) in [7, 11) is 0. The Bertz CT molecular complexity index is 1490. The number of ether oxygens (including phenoxy) is 1. The van der Waals surface area contributed by atoms with E-state index in [0.717, 1.165) is 22.9 Å². The van der Waals surface area contributed by atoms with Gasteiger partial charge in [0.05, 0.1) is 29.1 Å². The number of carbonyl (C=O) groups is 4. The van der Waals surface area contributed by atoms with Crippen LogP contribution >= 0.6 is 0 Å². The van der Waals surface area contributed by atoms with E-state index >= 15 is 0 Å². The third-order valence-electron chi connectivity index (χ3n) is 8.28. The summed E-state index contributed by atoms with van der Waals surface area (Å²) in [4.78, 5) is 55.1. The number of hydrogen-bond donors (Lipinski definition) is 0. The fraction of sp³-hybridized carbons (Fsp3) is 0.267. The minimum Gasteiger partial charge on any atom is -0.426 e. The Morgan fingerprint density at radius 2 is 1.54 bits per heavy atom. The van der Waals surface area contributed by atoms with Gasteiger partial charge in [0.25, 0.3) is 0 Å². The van der Waals surface area contributed by atoms with E-state index in [-0.39, 0.29) is 60.1 Å². The quantitative estimate of drug-likeness (QED) is 0.237. The molecule has 7 rings (SSSR count). The molecule has 3 aromatic rings. The molecule has 7 heteroatoms. The summed E-state index contributed by atoms with van der Waals surface area (Å²) in [6.45, 7) is 0.230. The van der Waals surface area contributed by atoms with Crippen LogP contribution in [-0.4, -0.2) is 30.2 Å². The lowest BCUT2D eigenvalue weighted by atomic mass is 9.85. The predicted molar refractivity (Wildman–Crippen MR) is 137 cm³/mol. The van der Waals surface area contributed by atoms with Crippen molar-refractivity contribution in [3.05, 3.63) is 78.9 Å². The van der Waals surface area contributed by atoms with Gasteiger partial charge in [0.1, 0.15) is 5.75 Å². The first-order valence-electron chi connectivity index (χ1n) is 12.7. The van der Waals surface area contributed by atoms with E-state index in [1.54, 1.807) is 29.2 Å². The number of amides is 3. The second-order valence-electron chi connectivity index (χ2n) is 10.3. The van der Waals surface area contributed by atoms with E-state index in [0.29, 0.717) is 5.69 Å². The van der Waals surface area contributed by atoms with Crippen LogP contribution in [0.3, 0.4) is 0 Å². The van der Waals surface area contributed by atoms with Gasteiger partial charge in [0.2, 0.25) is 17.7 Å². The molecule has 1 saturated carbocycles. The highest BCUT2D eigenvalue weighted by molar-refractivity contribution is 6.23. The third kappa shape index (κ3) is 3.34. The first-order valence-corrected chi connectivity index (χ1v) is 12.7. The van der Waals surface area contributed by atoms with E-state index in [4.69, 9.17) is 4.74 Å². The molecule has 0 N–H and O–H groups in total. The number of imide groups is 1. The van der Waals surface area contributed by atoms with Crippen LogP contribution in [0.4, 0.5) is 11.4 Å². The predicted octanol–water partition coefficient (Wildman–Crippen LogP) is 4.11. The van der Waals surface area contributed by atoms with Crippen LogP contribution in [0, 0.1) is 29.6 Å². The van der Waals surface area contributed by atoms with E-state index in [2.05, 4.69) is 12.2 Å². The molecule has 3 aromatic carbocycles. The standard InChI is InChI=1S/C30H24N2O5/c33-25-14-20(16-31(25)24-10-3-6-17-5-1-2-9-23(17)24)30(36)37-22-8-4-7-21(15-22)32-28(34)26-18-11-12-19(13-18)27(26)29(32)35/h1-12,15,18-20,26-27H,13-14,16H2/t18-,19-,20-,26-,27+/m0/s1. The molecule has 2 saturated heterocycles. The number of esters is 1. The van der Waals surface area contributed by atoms with Gasteiger partial charge < -0.3 is 9.64 Å². The summed E-state index contributed by atoms with van der Waals surface area (Å²) < 4.78 is 5.66. The summed E-state index contributed by atoms with van der Waals surface area (Å²) in [6.07, 6.45) is 5.05. The summed E-state index contributed by atoms with van der Waals surface area (Å²) >= 11 is 0. The molecule has 2 heterocycles. The molecule has 0 aromatic heterocycles. The highest BCUT2D eigenvalue weighted by atomic mass is 16.5. The fourth-order valence-electron chi connectivity index (χ4n) is 6.58. The van der Waals surface area contributed by atoms with Crippen molar-refractivity contribution >= 4 is 45.8 Å². The number of benzene rings is 3. The normalized spacial score (nSPS) is 28.0. The van der Waals surface area contributed by atoms with Gasteiger partial charge in [0, 0.05) is 24.4 Å². The van der Waals surface area contributed by atoms with E-state index < -0.39 is 11.9 Å². The molecule has 7 nitrogen and oxygen atoms in total. The van der Waals surface area contributed by atoms with Gasteiger partial charge in [-0.15, -0.1) is 0 Å². The van der Waals surface area contributed by atoms with Crippen molar-refractivity contribution in [3.63, 3.8) is 0 Å². The van der Waals surface area contributed by atoms with Crippen LogP contribution in [0.1, 0.15) is 12.8 Å². The highest BCUT2D eigenvalue weighted by Crippen LogP contribution is 2.53. The monoisotopic (exact) mass is 492 g/mol. The molecule has 37 heavy (non-hydrogen) atoms. The van der Waals surface area contributed by atoms with E-state index in [1.165, 1.54) is 4.90 Å². The van der Waals surface area contributed by atoms with Crippen LogP contribution < -0.4 is 14.5 Å². The lowest BCUT2D eigenvalue weighted by Crippen LogP contribution is -2.32. The van der Waals surface area contributed by atoms with Gasteiger partial charge in [-0.2, -0.15) is 0 Å². The molecule has 184 valence electrons. The minimum atomic E-state index is -0.619. The van der Waals surface area contributed by atoms with Crippen molar-refractivity contribution in [1.82, 2.24) is 0 Å². The summed E-state index contributed by atoms with van der Waals surface area (Å²) in [5, 5.41) is 1.97. The Morgan fingerprint density at radius 3 is 2.32 bits per heavy atom. The highest BCUT2D eigenvalue weighted by Gasteiger charge is 2.59. The zero-order valence-electron chi connectivity index (χ0n) is 19.9. The van der Waals surface area contributed by atoms with Crippen LogP contribution in [0.15, 0.2) is 78.9 Å². The summed E-state index contributed by atoms with van der Waals surface area (Å²) in [5.41, 5.74) is 1.19. The Kier molecular flexibility index (Phi) is 4.83. The molecular formula is C30H24N2O5. The second kappa shape index (κ2) is 8.13. The van der Waals surface area contributed by atoms with Gasteiger partial charge in [-0.1, -0.05) is 54.6 Å². The molecule has 5 atom stereocenters. The fourth-order valence-corrected chi connectivity index (χ4v) is 6.58. The van der Waals surface area contributed by atoms with Crippen LogP contribution in [0.2, 0.25) is 0 Å². The van der Waals surface area contributed by atoms with Crippen molar-refractivity contribution in [2.24, 2.45) is 29.6 Å². The van der Waals surface area contributed by atoms with Crippen molar-refractivity contribution in [3.8, 4) is 5.75 Å². The van der Waals surface area contributed by atoms with Crippen molar-refractivity contribution in [2.45, 2.75) is 12.8 Å². The third-order valence-corrected chi connectivity index (χ3v) is 8.28. The van der Waals surface area contributed by atoms with Crippen LogP contribution in [0.5, 0.6) is 5.75 Å². The average Bonchev–Trinajstić information content (AvgIpc) is 3.67. The summed E-state index contributed by atoms with van der Waals surface area (Å²) in [5.74, 6) is -1.70. The Balaban J connectivity index is 1.09. The second-order valence-corrected chi connectivity index (χ2v) is 10.3. The largest absolute Gasteiger partial charge is 0.426 e. The molecule has 0 unspecified atom stereocenters. The molecule has 4 aliphatic rings. The molecule has 0 spiro atoms. The number of allylic oxidation sites excluding steroid dienone is 2. The zero-order valence-corrected chi connectivity index (χ0v) is 19.9. The maximum absolute atomic E-state index is 13.2. The lowest BCUT2D eigenvalue weighted by Gasteiger charge is -2.19. The maximum Gasteiger partial charge on any atom is 0.316 e. The minimum absolute atomic E-state index is 0.0595. The lowest BCUT2D eigenvalue weighted by molar-refractivity contribution is -0.139. The SMILES string of the molecule is O=C(Oc1cccc(N2C(=O)[C@@H]3[C@H](C2=O)[C@H]2C=C[C@H]3C2)c1)[C@H]1CC(=O)N(c2cccc3ccccc23)C1. The molecule has 2 aliphatic carbocycles. The molecule has 2 aliphatic heterocycles. The number of anilines is 2. The van der Waals surface area contributed by atoms with Gasteiger partial charge in [0.15, 0.2) is 0 Å². The van der Waals surface area contributed by atoms with Gasteiger partial charge >= 0.3 is 5.97 Å².